The summed E-state index contributed by atoms with van der Waals surface area (Å²) in [6.45, 7) is 1.28. The minimum absolute atomic E-state index is 0.0692. The van der Waals surface area contributed by atoms with Gasteiger partial charge in [-0.3, -0.25) is 14.2 Å². The minimum atomic E-state index is -0.0692. The number of rotatable bonds is 3. The average Bonchev–Trinajstić information content (AvgIpc) is 2.51. The number of anilines is 1. The van der Waals surface area contributed by atoms with E-state index in [4.69, 9.17) is 0 Å². The molecule has 0 unspecified atom stereocenters. The van der Waals surface area contributed by atoms with Gasteiger partial charge in [0, 0.05) is 30.9 Å². The lowest BCUT2D eigenvalue weighted by atomic mass is 10.1. The number of hydrogen-bond acceptors (Lipinski definition) is 3. The molecule has 21 heavy (non-hydrogen) atoms. The lowest BCUT2D eigenvalue weighted by molar-refractivity contribution is -0.119. The van der Waals surface area contributed by atoms with Crippen LogP contribution in [0.15, 0.2) is 47.7 Å². The second-order valence-corrected chi connectivity index (χ2v) is 5.22. The van der Waals surface area contributed by atoms with Crippen LogP contribution in [0.4, 0.5) is 5.69 Å². The van der Waals surface area contributed by atoms with Gasteiger partial charge in [0.1, 0.15) is 0 Å². The molecule has 5 heteroatoms. The third-order valence-corrected chi connectivity index (χ3v) is 3.72. The first-order chi connectivity index (χ1) is 10.2. The second kappa shape index (κ2) is 5.91. The Balaban J connectivity index is 1.76. The van der Waals surface area contributed by atoms with Crippen molar-refractivity contribution in [3.8, 4) is 0 Å². The monoisotopic (exact) mass is 283 g/mol. The van der Waals surface area contributed by atoms with Gasteiger partial charge in [0.25, 0.3) is 5.56 Å². The van der Waals surface area contributed by atoms with Crippen molar-refractivity contribution in [2.24, 2.45) is 0 Å². The SMILES string of the molecule is O=C1CCCCN1c1ccc(Cn2cnccc2=O)cc1. The highest BCUT2D eigenvalue weighted by molar-refractivity contribution is 5.93. The molecule has 1 aliphatic rings. The highest BCUT2D eigenvalue weighted by Crippen LogP contribution is 2.21. The quantitative estimate of drug-likeness (QED) is 0.863. The first-order valence-corrected chi connectivity index (χ1v) is 7.14. The summed E-state index contributed by atoms with van der Waals surface area (Å²) in [6, 6.07) is 9.24. The van der Waals surface area contributed by atoms with Gasteiger partial charge in [-0.25, -0.2) is 4.98 Å². The Labute approximate surface area is 122 Å². The molecular formula is C16H17N3O2. The number of benzene rings is 1. The Morgan fingerprint density at radius 3 is 2.57 bits per heavy atom. The molecule has 0 bridgehead atoms. The summed E-state index contributed by atoms with van der Waals surface area (Å²) in [5, 5.41) is 0. The maximum absolute atomic E-state index is 11.9. The van der Waals surface area contributed by atoms with Gasteiger partial charge in [-0.1, -0.05) is 12.1 Å². The van der Waals surface area contributed by atoms with Crippen LogP contribution >= 0.6 is 0 Å². The largest absolute Gasteiger partial charge is 0.312 e. The van der Waals surface area contributed by atoms with Gasteiger partial charge >= 0.3 is 0 Å². The van der Waals surface area contributed by atoms with Crippen LogP contribution in [0.1, 0.15) is 24.8 Å². The third-order valence-electron chi connectivity index (χ3n) is 3.72. The molecule has 0 aliphatic carbocycles. The van der Waals surface area contributed by atoms with E-state index in [0.29, 0.717) is 13.0 Å². The Hall–Kier alpha value is -2.43. The molecule has 1 saturated heterocycles. The summed E-state index contributed by atoms with van der Waals surface area (Å²) in [4.78, 5) is 29.3. The van der Waals surface area contributed by atoms with Crippen molar-refractivity contribution < 1.29 is 4.79 Å². The molecule has 1 aliphatic heterocycles. The summed E-state index contributed by atoms with van der Waals surface area (Å²) >= 11 is 0. The van der Waals surface area contributed by atoms with Crippen molar-refractivity contribution in [1.29, 1.82) is 0 Å². The first-order valence-electron chi connectivity index (χ1n) is 7.14. The molecule has 0 radical (unpaired) electrons. The van der Waals surface area contributed by atoms with E-state index >= 15 is 0 Å². The van der Waals surface area contributed by atoms with E-state index in [-0.39, 0.29) is 11.5 Å². The summed E-state index contributed by atoms with van der Waals surface area (Å²) < 4.78 is 1.56. The molecule has 0 N–H and O–H groups in total. The topological polar surface area (TPSA) is 55.2 Å². The predicted molar refractivity (Wildman–Crippen MR) is 80.2 cm³/mol. The molecule has 2 aromatic rings. The van der Waals surface area contributed by atoms with Gasteiger partial charge in [-0.15, -0.1) is 0 Å². The molecule has 1 fully saturated rings. The van der Waals surface area contributed by atoms with Crippen LogP contribution in [-0.4, -0.2) is 22.0 Å². The smallest absolute Gasteiger partial charge is 0.253 e. The van der Waals surface area contributed by atoms with E-state index in [1.807, 2.05) is 29.2 Å². The van der Waals surface area contributed by atoms with E-state index < -0.39 is 0 Å². The summed E-state index contributed by atoms with van der Waals surface area (Å²) in [5.41, 5.74) is 1.88. The number of carbonyl (C=O) groups excluding carboxylic acids is 1. The number of nitrogens with zero attached hydrogens (tertiary/aromatic N) is 3. The molecule has 108 valence electrons. The summed E-state index contributed by atoms with van der Waals surface area (Å²) in [7, 11) is 0. The number of hydrogen-bond donors (Lipinski definition) is 0. The zero-order chi connectivity index (χ0) is 14.7. The molecule has 2 heterocycles. The highest BCUT2D eigenvalue weighted by Gasteiger charge is 2.19. The van der Waals surface area contributed by atoms with Gasteiger partial charge < -0.3 is 4.90 Å². The number of amides is 1. The van der Waals surface area contributed by atoms with Gasteiger partial charge in [-0.05, 0) is 30.5 Å². The van der Waals surface area contributed by atoms with Crippen LogP contribution < -0.4 is 10.5 Å². The number of aromatic nitrogens is 2. The Morgan fingerprint density at radius 1 is 1.05 bits per heavy atom. The lowest BCUT2D eigenvalue weighted by Gasteiger charge is -2.26. The highest BCUT2D eigenvalue weighted by atomic mass is 16.2. The predicted octanol–water partition coefficient (Wildman–Crippen LogP) is 1.81. The van der Waals surface area contributed by atoms with E-state index in [0.717, 1.165) is 30.6 Å². The Morgan fingerprint density at radius 2 is 1.86 bits per heavy atom. The fraction of sp³-hybridized carbons (Fsp3) is 0.312. The molecule has 1 aromatic heterocycles. The molecule has 5 nitrogen and oxygen atoms in total. The third kappa shape index (κ3) is 3.02. The molecule has 1 amide bonds. The van der Waals surface area contributed by atoms with E-state index in [2.05, 4.69) is 4.98 Å². The zero-order valence-corrected chi connectivity index (χ0v) is 11.7. The molecule has 0 spiro atoms. The van der Waals surface area contributed by atoms with Gasteiger partial charge in [0.2, 0.25) is 5.91 Å². The van der Waals surface area contributed by atoms with Crippen LogP contribution in [0.25, 0.3) is 0 Å². The number of carbonyl (C=O) groups is 1. The van der Waals surface area contributed by atoms with E-state index in [1.54, 1.807) is 4.57 Å². The first kappa shape index (κ1) is 13.5. The average molecular weight is 283 g/mol. The van der Waals surface area contributed by atoms with Crippen molar-refractivity contribution in [3.63, 3.8) is 0 Å². The normalized spacial score (nSPS) is 15.2. The zero-order valence-electron chi connectivity index (χ0n) is 11.7. The summed E-state index contributed by atoms with van der Waals surface area (Å²) in [6.07, 6.45) is 5.69. The van der Waals surface area contributed by atoms with Crippen LogP contribution in [0.3, 0.4) is 0 Å². The molecule has 0 saturated carbocycles. The molecule has 1 aromatic carbocycles. The molecule has 0 atom stereocenters. The minimum Gasteiger partial charge on any atom is -0.312 e. The van der Waals surface area contributed by atoms with Crippen molar-refractivity contribution in [1.82, 2.24) is 9.55 Å². The van der Waals surface area contributed by atoms with E-state index in [9.17, 15) is 9.59 Å². The van der Waals surface area contributed by atoms with Crippen molar-refractivity contribution in [2.45, 2.75) is 25.8 Å². The van der Waals surface area contributed by atoms with Gasteiger partial charge in [0.05, 0.1) is 12.9 Å². The summed E-state index contributed by atoms with van der Waals surface area (Å²) in [5.74, 6) is 0.192. The van der Waals surface area contributed by atoms with Crippen molar-refractivity contribution in [2.75, 3.05) is 11.4 Å². The number of piperidine rings is 1. The van der Waals surface area contributed by atoms with Crippen LogP contribution in [0, 0.1) is 0 Å². The fourth-order valence-corrected chi connectivity index (χ4v) is 2.55. The van der Waals surface area contributed by atoms with Crippen LogP contribution in [-0.2, 0) is 11.3 Å². The van der Waals surface area contributed by atoms with Gasteiger partial charge in [-0.2, -0.15) is 0 Å². The Kier molecular flexibility index (Phi) is 3.81. The maximum atomic E-state index is 11.9. The standard InChI is InChI=1S/C16H17N3O2/c20-15-8-9-17-12-18(15)11-13-4-6-14(7-5-13)19-10-2-1-3-16(19)21/h4-9,12H,1-3,10-11H2. The van der Waals surface area contributed by atoms with Gasteiger partial charge in [0.15, 0.2) is 0 Å². The molecule has 3 rings (SSSR count). The molecular weight excluding hydrogens is 266 g/mol. The maximum Gasteiger partial charge on any atom is 0.253 e. The van der Waals surface area contributed by atoms with E-state index in [1.165, 1.54) is 18.6 Å². The lowest BCUT2D eigenvalue weighted by Crippen LogP contribution is -2.35. The second-order valence-electron chi connectivity index (χ2n) is 5.22. The van der Waals surface area contributed by atoms with Crippen molar-refractivity contribution in [3.05, 3.63) is 58.8 Å². The Bertz CT molecular complexity index is 691. The van der Waals surface area contributed by atoms with Crippen LogP contribution in [0.2, 0.25) is 0 Å². The fourth-order valence-electron chi connectivity index (χ4n) is 2.55. The van der Waals surface area contributed by atoms with Crippen molar-refractivity contribution >= 4 is 11.6 Å². The van der Waals surface area contributed by atoms with Crippen LogP contribution in [0.5, 0.6) is 0 Å².